The van der Waals surface area contributed by atoms with E-state index in [9.17, 15) is 13.2 Å². The second-order valence-corrected chi connectivity index (χ2v) is 2.82. The van der Waals surface area contributed by atoms with Gasteiger partial charge in [-0.1, -0.05) is 11.6 Å². The van der Waals surface area contributed by atoms with E-state index in [1.807, 2.05) is 0 Å². The maximum absolute atomic E-state index is 12.2. The van der Waals surface area contributed by atoms with Crippen molar-refractivity contribution in [1.82, 2.24) is 10.5 Å². The molecule has 0 fully saturated rings. The number of rotatable bonds is 2. The van der Waals surface area contributed by atoms with Crippen LogP contribution in [0.4, 0.5) is 19.0 Å². The molecule has 2 N–H and O–H groups in total. The molecule has 0 radical (unpaired) electrons. The van der Waals surface area contributed by atoms with E-state index in [1.54, 1.807) is 5.48 Å². The number of nitrogens with one attached hydrogen (secondary N) is 1. The van der Waals surface area contributed by atoms with E-state index in [0.717, 1.165) is 6.34 Å². The second kappa shape index (κ2) is 4.45. The number of hydroxylamine groups is 1. The summed E-state index contributed by atoms with van der Waals surface area (Å²) in [5.41, 5.74) is 0.621. The Kier molecular flexibility index (Phi) is 3.48. The van der Waals surface area contributed by atoms with Crippen LogP contribution >= 0.6 is 11.6 Å². The lowest BCUT2D eigenvalue weighted by atomic mass is 10.3. The second-order valence-electron chi connectivity index (χ2n) is 2.41. The van der Waals surface area contributed by atoms with E-state index < -0.39 is 11.7 Å². The lowest BCUT2D eigenvalue weighted by molar-refractivity contribution is -0.137. The molecule has 0 unspecified atom stereocenters. The molecule has 0 aliphatic carbocycles. The fraction of sp³-hybridized carbons (Fsp3) is 0.143. The highest BCUT2D eigenvalue weighted by Crippen LogP contribution is 2.32. The van der Waals surface area contributed by atoms with Crippen molar-refractivity contribution >= 4 is 23.8 Å². The number of alkyl halides is 3. The molecule has 0 spiro atoms. The molecule has 0 aliphatic rings. The number of hydrogen-bond donors (Lipinski definition) is 2. The zero-order valence-corrected chi connectivity index (χ0v) is 7.84. The van der Waals surface area contributed by atoms with Gasteiger partial charge in [0.25, 0.3) is 0 Å². The first-order chi connectivity index (χ1) is 6.95. The van der Waals surface area contributed by atoms with Crippen LogP contribution in [0.2, 0.25) is 5.02 Å². The third-order valence-electron chi connectivity index (χ3n) is 1.39. The Morgan fingerprint density at radius 2 is 2.20 bits per heavy atom. The highest BCUT2D eigenvalue weighted by molar-refractivity contribution is 6.32. The van der Waals surface area contributed by atoms with Crippen molar-refractivity contribution in [2.75, 3.05) is 0 Å². The first-order valence-corrected chi connectivity index (χ1v) is 3.98. The molecule has 8 heteroatoms. The number of aliphatic imine (C=N–C) groups is 1. The van der Waals surface area contributed by atoms with Gasteiger partial charge in [-0.05, 0) is 6.07 Å². The number of nitrogens with zero attached hydrogens (tertiary/aromatic N) is 2. The fourth-order valence-electron chi connectivity index (χ4n) is 0.771. The van der Waals surface area contributed by atoms with Crippen LogP contribution in [0, 0.1) is 0 Å². The Labute approximate surface area is 87.4 Å². The van der Waals surface area contributed by atoms with Gasteiger partial charge in [0.2, 0.25) is 0 Å². The molecule has 1 aromatic heterocycles. The molecule has 0 aromatic carbocycles. The molecule has 0 saturated carbocycles. The lowest BCUT2D eigenvalue weighted by Crippen LogP contribution is -2.05. The average Bonchev–Trinajstić information content (AvgIpc) is 2.14. The number of hydrogen-bond acceptors (Lipinski definition) is 3. The third kappa shape index (κ3) is 3.07. The largest absolute Gasteiger partial charge is 0.417 e. The molecule has 1 heterocycles. The first-order valence-electron chi connectivity index (χ1n) is 3.60. The molecule has 15 heavy (non-hydrogen) atoms. The van der Waals surface area contributed by atoms with Crippen LogP contribution < -0.4 is 5.48 Å². The summed E-state index contributed by atoms with van der Waals surface area (Å²) in [4.78, 5) is 6.83. The van der Waals surface area contributed by atoms with Crippen LogP contribution in [0.25, 0.3) is 0 Å². The molecule has 0 saturated heterocycles. The Bertz CT molecular complexity index is 380. The standard InChI is InChI=1S/C7H5ClF3N3O/c8-5-1-4(7(9,10)11)2-12-6(5)13-3-14-15/h1-3,15H,(H,12,13,14). The normalized spacial score (nSPS) is 12.1. The lowest BCUT2D eigenvalue weighted by Gasteiger charge is -2.06. The van der Waals surface area contributed by atoms with Gasteiger partial charge in [0.1, 0.15) is 6.34 Å². The molecular weight excluding hydrogens is 235 g/mol. The van der Waals surface area contributed by atoms with Crippen molar-refractivity contribution in [3.63, 3.8) is 0 Å². The van der Waals surface area contributed by atoms with Crippen LogP contribution in [0.5, 0.6) is 0 Å². The molecule has 1 rings (SSSR count). The van der Waals surface area contributed by atoms with Gasteiger partial charge < -0.3 is 0 Å². The molecular formula is C7H5ClF3N3O. The van der Waals surface area contributed by atoms with Gasteiger partial charge in [-0.2, -0.15) is 13.2 Å². The van der Waals surface area contributed by atoms with Crippen molar-refractivity contribution in [3.05, 3.63) is 22.8 Å². The summed E-state index contributed by atoms with van der Waals surface area (Å²) >= 11 is 5.49. The maximum Gasteiger partial charge on any atom is 0.417 e. The minimum atomic E-state index is -4.49. The van der Waals surface area contributed by atoms with E-state index in [0.29, 0.717) is 12.3 Å². The van der Waals surface area contributed by atoms with Gasteiger partial charge in [-0.15, -0.1) is 0 Å². The van der Waals surface area contributed by atoms with Crippen molar-refractivity contribution in [3.8, 4) is 0 Å². The summed E-state index contributed by atoms with van der Waals surface area (Å²) in [7, 11) is 0. The minimum Gasteiger partial charge on any atom is -0.290 e. The van der Waals surface area contributed by atoms with E-state index in [2.05, 4.69) is 9.98 Å². The van der Waals surface area contributed by atoms with Crippen LogP contribution in [0.15, 0.2) is 17.3 Å². The van der Waals surface area contributed by atoms with Crippen LogP contribution in [0.3, 0.4) is 0 Å². The Hall–Kier alpha value is -1.34. The highest BCUT2D eigenvalue weighted by Gasteiger charge is 2.31. The number of halogens is 4. The van der Waals surface area contributed by atoms with Crippen LogP contribution in [-0.4, -0.2) is 16.5 Å². The summed E-state index contributed by atoms with van der Waals surface area (Å²) < 4.78 is 36.5. The van der Waals surface area contributed by atoms with Crippen molar-refractivity contribution in [2.45, 2.75) is 6.18 Å². The fourth-order valence-corrected chi connectivity index (χ4v) is 0.986. The third-order valence-corrected chi connectivity index (χ3v) is 1.67. The molecule has 4 nitrogen and oxygen atoms in total. The summed E-state index contributed by atoms with van der Waals surface area (Å²) in [6.07, 6.45) is -3.05. The molecule has 82 valence electrons. The molecule has 0 bridgehead atoms. The smallest absolute Gasteiger partial charge is 0.290 e. The maximum atomic E-state index is 12.2. The summed E-state index contributed by atoms with van der Waals surface area (Å²) in [6.45, 7) is 0. The topological polar surface area (TPSA) is 57.5 Å². The van der Waals surface area contributed by atoms with Gasteiger partial charge in [0.15, 0.2) is 5.82 Å². The van der Waals surface area contributed by atoms with Crippen LogP contribution in [0.1, 0.15) is 5.56 Å². The molecule has 0 amide bonds. The molecule has 0 aliphatic heterocycles. The number of pyridine rings is 1. The zero-order valence-electron chi connectivity index (χ0n) is 7.09. The van der Waals surface area contributed by atoms with E-state index in [-0.39, 0.29) is 10.8 Å². The van der Waals surface area contributed by atoms with Crippen molar-refractivity contribution < 1.29 is 18.4 Å². The van der Waals surface area contributed by atoms with Crippen LogP contribution in [-0.2, 0) is 6.18 Å². The van der Waals surface area contributed by atoms with E-state index in [4.69, 9.17) is 16.8 Å². The highest BCUT2D eigenvalue weighted by atomic mass is 35.5. The minimum absolute atomic E-state index is 0.119. The van der Waals surface area contributed by atoms with Gasteiger partial charge in [-0.25, -0.2) is 9.98 Å². The van der Waals surface area contributed by atoms with Crippen molar-refractivity contribution in [2.24, 2.45) is 4.99 Å². The summed E-state index contributed by atoms with van der Waals surface area (Å²) in [5, 5.41) is 7.90. The van der Waals surface area contributed by atoms with E-state index >= 15 is 0 Å². The number of aromatic nitrogens is 1. The average molecular weight is 240 g/mol. The van der Waals surface area contributed by atoms with Crippen molar-refractivity contribution in [1.29, 1.82) is 0 Å². The quantitative estimate of drug-likeness (QED) is 0.473. The SMILES string of the molecule is ON/C=N/c1ncc(C(F)(F)F)cc1Cl. The summed E-state index contributed by atoms with van der Waals surface area (Å²) in [6, 6.07) is 0.707. The van der Waals surface area contributed by atoms with Gasteiger partial charge in [-0.3, -0.25) is 10.7 Å². The van der Waals surface area contributed by atoms with Gasteiger partial charge >= 0.3 is 6.18 Å². The Morgan fingerprint density at radius 3 is 2.67 bits per heavy atom. The predicted molar refractivity (Wildman–Crippen MR) is 47.3 cm³/mol. The van der Waals surface area contributed by atoms with E-state index in [1.165, 1.54) is 0 Å². The summed E-state index contributed by atoms with van der Waals surface area (Å²) in [5.74, 6) is -0.119. The predicted octanol–water partition coefficient (Wildman–Crippen LogP) is 2.39. The first kappa shape index (κ1) is 11.7. The van der Waals surface area contributed by atoms with Gasteiger partial charge in [0.05, 0.1) is 10.6 Å². The Balaban J connectivity index is 3.04. The monoisotopic (exact) mass is 239 g/mol. The molecule has 1 aromatic rings. The van der Waals surface area contributed by atoms with Gasteiger partial charge in [0, 0.05) is 6.20 Å². The molecule has 0 atom stereocenters. The zero-order chi connectivity index (χ0) is 11.5. The Morgan fingerprint density at radius 1 is 1.53 bits per heavy atom.